The first kappa shape index (κ1) is 15.5. The zero-order valence-corrected chi connectivity index (χ0v) is 9.08. The second-order valence-electron chi connectivity index (χ2n) is 3.88. The molecule has 1 unspecified atom stereocenters. The van der Waals surface area contributed by atoms with Crippen LogP contribution in [0, 0.1) is 0 Å². The molecule has 0 bridgehead atoms. The van der Waals surface area contributed by atoms with Crippen molar-refractivity contribution in [1.29, 1.82) is 0 Å². The lowest BCUT2D eigenvalue weighted by atomic mass is 10.1. The molecule has 9 heteroatoms. The van der Waals surface area contributed by atoms with Crippen LogP contribution in [0.2, 0.25) is 0 Å². The minimum absolute atomic E-state index is 0.188. The standard InChI is InChI=1S/C9H11F7O2/c10-7(11,8(12,13)9(14,15)16)5-18-6-3-1-2-4-17-6/h6H,1-5H2. The van der Waals surface area contributed by atoms with Crippen LogP contribution in [0.3, 0.4) is 0 Å². The summed E-state index contributed by atoms with van der Waals surface area (Å²) < 4.78 is 94.9. The number of rotatable bonds is 4. The molecule has 0 aromatic rings. The quantitative estimate of drug-likeness (QED) is 0.737. The molecular formula is C9H11F7O2. The van der Waals surface area contributed by atoms with Gasteiger partial charge in [0, 0.05) is 6.61 Å². The van der Waals surface area contributed by atoms with Gasteiger partial charge in [-0.1, -0.05) is 0 Å². The first-order valence-corrected chi connectivity index (χ1v) is 5.13. The second-order valence-corrected chi connectivity index (χ2v) is 3.88. The van der Waals surface area contributed by atoms with Crippen molar-refractivity contribution in [1.82, 2.24) is 0 Å². The van der Waals surface area contributed by atoms with E-state index in [-0.39, 0.29) is 13.0 Å². The second kappa shape index (κ2) is 5.20. The molecule has 108 valence electrons. The highest BCUT2D eigenvalue weighted by atomic mass is 19.4. The Morgan fingerprint density at radius 2 is 1.61 bits per heavy atom. The van der Waals surface area contributed by atoms with Gasteiger partial charge in [0.05, 0.1) is 0 Å². The molecule has 0 saturated carbocycles. The topological polar surface area (TPSA) is 18.5 Å². The Morgan fingerprint density at radius 3 is 2.06 bits per heavy atom. The fourth-order valence-electron chi connectivity index (χ4n) is 1.34. The van der Waals surface area contributed by atoms with E-state index in [4.69, 9.17) is 4.74 Å². The summed E-state index contributed by atoms with van der Waals surface area (Å²) in [5.41, 5.74) is 0. The lowest BCUT2D eigenvalue weighted by molar-refractivity contribution is -0.367. The molecule has 1 saturated heterocycles. The maximum Gasteiger partial charge on any atom is 0.459 e. The van der Waals surface area contributed by atoms with Crippen LogP contribution in [0.1, 0.15) is 19.3 Å². The van der Waals surface area contributed by atoms with E-state index in [1.165, 1.54) is 0 Å². The highest BCUT2D eigenvalue weighted by Gasteiger charge is 2.73. The van der Waals surface area contributed by atoms with Crippen LogP contribution < -0.4 is 0 Å². The summed E-state index contributed by atoms with van der Waals surface area (Å²) >= 11 is 0. The number of halogens is 7. The van der Waals surface area contributed by atoms with E-state index < -0.39 is 30.9 Å². The van der Waals surface area contributed by atoms with Gasteiger partial charge in [0.1, 0.15) is 6.61 Å². The summed E-state index contributed by atoms with van der Waals surface area (Å²) in [6.07, 6.45) is -6.06. The summed E-state index contributed by atoms with van der Waals surface area (Å²) in [6.45, 7) is -1.84. The van der Waals surface area contributed by atoms with E-state index in [0.29, 0.717) is 12.8 Å². The fourth-order valence-corrected chi connectivity index (χ4v) is 1.34. The van der Waals surface area contributed by atoms with E-state index in [1.807, 2.05) is 0 Å². The third-order valence-corrected chi connectivity index (χ3v) is 2.40. The van der Waals surface area contributed by atoms with Gasteiger partial charge in [-0.2, -0.15) is 30.7 Å². The van der Waals surface area contributed by atoms with Crippen LogP contribution >= 0.6 is 0 Å². The lowest BCUT2D eigenvalue weighted by Crippen LogP contribution is -2.54. The van der Waals surface area contributed by atoms with Gasteiger partial charge >= 0.3 is 18.0 Å². The van der Waals surface area contributed by atoms with Crippen molar-refractivity contribution in [3.8, 4) is 0 Å². The van der Waals surface area contributed by atoms with Crippen LogP contribution in [0.15, 0.2) is 0 Å². The largest absolute Gasteiger partial charge is 0.459 e. The van der Waals surface area contributed by atoms with Crippen molar-refractivity contribution in [2.24, 2.45) is 0 Å². The fraction of sp³-hybridized carbons (Fsp3) is 1.00. The summed E-state index contributed by atoms with van der Waals surface area (Å²) in [6, 6.07) is 0. The molecule has 0 aromatic carbocycles. The minimum atomic E-state index is -6.33. The maximum absolute atomic E-state index is 12.8. The number of ether oxygens (including phenoxy) is 2. The van der Waals surface area contributed by atoms with Gasteiger partial charge in [-0.05, 0) is 19.3 Å². The van der Waals surface area contributed by atoms with Crippen molar-refractivity contribution >= 4 is 0 Å². The first-order chi connectivity index (χ1) is 8.08. The zero-order chi connectivity index (χ0) is 14.0. The molecule has 1 rings (SSSR count). The van der Waals surface area contributed by atoms with Crippen LogP contribution in [-0.4, -0.2) is 37.5 Å². The van der Waals surface area contributed by atoms with Crippen LogP contribution in [0.4, 0.5) is 30.7 Å². The third kappa shape index (κ3) is 3.25. The van der Waals surface area contributed by atoms with Crippen molar-refractivity contribution in [2.45, 2.75) is 43.6 Å². The molecule has 1 atom stereocenters. The van der Waals surface area contributed by atoms with Crippen LogP contribution in [-0.2, 0) is 9.47 Å². The zero-order valence-electron chi connectivity index (χ0n) is 9.08. The van der Waals surface area contributed by atoms with Crippen LogP contribution in [0.25, 0.3) is 0 Å². The Kier molecular flexibility index (Phi) is 4.47. The minimum Gasteiger partial charge on any atom is -0.353 e. The monoisotopic (exact) mass is 284 g/mol. The van der Waals surface area contributed by atoms with Gasteiger partial charge in [0.2, 0.25) is 0 Å². The summed E-state index contributed by atoms with van der Waals surface area (Å²) in [5, 5.41) is 0. The van der Waals surface area contributed by atoms with E-state index in [0.717, 1.165) is 0 Å². The summed E-state index contributed by atoms with van der Waals surface area (Å²) in [4.78, 5) is 0. The van der Waals surface area contributed by atoms with E-state index >= 15 is 0 Å². The molecule has 2 nitrogen and oxygen atoms in total. The number of hydrogen-bond donors (Lipinski definition) is 0. The number of hydrogen-bond acceptors (Lipinski definition) is 2. The summed E-state index contributed by atoms with van der Waals surface area (Å²) in [5.74, 6) is -11.5. The molecule has 0 N–H and O–H groups in total. The first-order valence-electron chi connectivity index (χ1n) is 5.13. The van der Waals surface area contributed by atoms with E-state index in [9.17, 15) is 30.7 Å². The molecule has 0 amide bonds. The Bertz CT molecular complexity index is 271. The molecule has 18 heavy (non-hydrogen) atoms. The molecule has 1 fully saturated rings. The maximum atomic E-state index is 12.8. The lowest BCUT2D eigenvalue weighted by Gasteiger charge is -2.30. The van der Waals surface area contributed by atoms with Crippen LogP contribution in [0.5, 0.6) is 0 Å². The van der Waals surface area contributed by atoms with E-state index in [1.54, 1.807) is 0 Å². The number of alkyl halides is 7. The van der Waals surface area contributed by atoms with E-state index in [2.05, 4.69) is 4.74 Å². The highest BCUT2D eigenvalue weighted by molar-refractivity contribution is 4.91. The molecule has 0 aliphatic carbocycles. The van der Waals surface area contributed by atoms with Gasteiger partial charge in [0.25, 0.3) is 0 Å². The van der Waals surface area contributed by atoms with Gasteiger partial charge in [-0.3, -0.25) is 0 Å². The predicted molar refractivity (Wildman–Crippen MR) is 45.5 cm³/mol. The average molecular weight is 284 g/mol. The van der Waals surface area contributed by atoms with Gasteiger partial charge < -0.3 is 9.47 Å². The third-order valence-electron chi connectivity index (χ3n) is 2.40. The van der Waals surface area contributed by atoms with Crippen molar-refractivity contribution < 1.29 is 40.2 Å². The molecule has 0 radical (unpaired) electrons. The molecule has 0 spiro atoms. The summed E-state index contributed by atoms with van der Waals surface area (Å²) in [7, 11) is 0. The SMILES string of the molecule is FC(F)(F)C(F)(F)C(F)(F)COC1CCCCO1. The van der Waals surface area contributed by atoms with Gasteiger partial charge in [0.15, 0.2) is 6.29 Å². The molecule has 1 aliphatic rings. The van der Waals surface area contributed by atoms with Gasteiger partial charge in [-0.15, -0.1) is 0 Å². The normalized spacial score (nSPS) is 23.2. The Hall–Kier alpha value is -0.570. The predicted octanol–water partition coefficient (Wildman–Crippen LogP) is 3.36. The van der Waals surface area contributed by atoms with Gasteiger partial charge in [-0.25, -0.2) is 0 Å². The molecule has 0 aromatic heterocycles. The highest BCUT2D eigenvalue weighted by Crippen LogP contribution is 2.46. The van der Waals surface area contributed by atoms with Crippen molar-refractivity contribution in [3.63, 3.8) is 0 Å². The molecule has 1 heterocycles. The Balaban J connectivity index is 2.58. The Morgan fingerprint density at radius 1 is 1.00 bits per heavy atom. The average Bonchev–Trinajstić information content (AvgIpc) is 2.26. The molecular weight excluding hydrogens is 273 g/mol. The smallest absolute Gasteiger partial charge is 0.353 e. The molecule has 1 aliphatic heterocycles. The van der Waals surface area contributed by atoms with Crippen molar-refractivity contribution in [2.75, 3.05) is 13.2 Å². The van der Waals surface area contributed by atoms with Crippen molar-refractivity contribution in [3.05, 3.63) is 0 Å². The Labute approximate surface area is 98.0 Å².